The van der Waals surface area contributed by atoms with Gasteiger partial charge in [-0.15, -0.1) is 5.10 Å². The highest BCUT2D eigenvalue weighted by Gasteiger charge is 2.33. The van der Waals surface area contributed by atoms with Crippen LogP contribution in [0.15, 0.2) is 36.5 Å². The van der Waals surface area contributed by atoms with Gasteiger partial charge in [0, 0.05) is 20.4 Å². The van der Waals surface area contributed by atoms with Gasteiger partial charge in [0.05, 0.1) is 31.0 Å². The maximum Gasteiger partial charge on any atom is 0.331 e. The Morgan fingerprint density at radius 2 is 1.96 bits per heavy atom. The second-order valence-electron chi connectivity index (χ2n) is 6.17. The molecule has 2 rings (SSSR count). The van der Waals surface area contributed by atoms with Crippen LogP contribution in [0.5, 0.6) is 0 Å². The molecule has 1 aromatic carbocycles. The topological polar surface area (TPSA) is 92.5 Å². The van der Waals surface area contributed by atoms with Crippen LogP contribution in [0.4, 0.5) is 4.39 Å². The fourth-order valence-electron chi connectivity index (χ4n) is 2.56. The minimum atomic E-state index is -3.45. The van der Waals surface area contributed by atoms with Crippen LogP contribution in [0, 0.1) is 5.92 Å². The Morgan fingerprint density at radius 3 is 2.61 bits per heavy atom. The molecule has 154 valence electrons. The SMILES string of the molecule is COP(=O)(CC(Cn1cc(CCCF)nn1)C(=O)OCc1ccccc1)OC. The van der Waals surface area contributed by atoms with Crippen molar-refractivity contribution in [1.29, 1.82) is 0 Å². The van der Waals surface area contributed by atoms with Gasteiger partial charge in [0.2, 0.25) is 0 Å². The number of hydrogen-bond donors (Lipinski definition) is 0. The molecule has 0 aliphatic heterocycles. The van der Waals surface area contributed by atoms with Gasteiger partial charge in [0.15, 0.2) is 0 Å². The van der Waals surface area contributed by atoms with E-state index in [2.05, 4.69) is 10.3 Å². The molecule has 28 heavy (non-hydrogen) atoms. The maximum atomic E-state index is 12.6. The van der Waals surface area contributed by atoms with E-state index in [1.54, 1.807) is 6.20 Å². The van der Waals surface area contributed by atoms with Crippen molar-refractivity contribution < 1.29 is 27.5 Å². The Bertz CT molecular complexity index is 779. The lowest BCUT2D eigenvalue weighted by Gasteiger charge is -2.20. The predicted octanol–water partition coefficient (Wildman–Crippen LogP) is 3.03. The van der Waals surface area contributed by atoms with E-state index >= 15 is 0 Å². The summed E-state index contributed by atoms with van der Waals surface area (Å²) in [6, 6.07) is 9.24. The van der Waals surface area contributed by atoms with Crippen molar-refractivity contribution in [2.45, 2.75) is 26.0 Å². The molecule has 10 heteroatoms. The van der Waals surface area contributed by atoms with Gasteiger partial charge in [-0.25, -0.2) is 0 Å². The largest absolute Gasteiger partial charge is 0.461 e. The highest BCUT2D eigenvalue weighted by molar-refractivity contribution is 7.53. The molecule has 1 unspecified atom stereocenters. The lowest BCUT2D eigenvalue weighted by atomic mass is 10.2. The molecule has 8 nitrogen and oxygen atoms in total. The third-order valence-electron chi connectivity index (χ3n) is 4.12. The second kappa shape index (κ2) is 11.0. The van der Waals surface area contributed by atoms with E-state index in [1.807, 2.05) is 30.3 Å². The van der Waals surface area contributed by atoms with Crippen molar-refractivity contribution in [3.05, 3.63) is 47.8 Å². The molecule has 2 aromatic rings. The first-order valence-corrected chi connectivity index (χ1v) is 10.6. The van der Waals surface area contributed by atoms with Gasteiger partial charge in [0.25, 0.3) is 0 Å². The fourth-order valence-corrected chi connectivity index (χ4v) is 3.81. The lowest BCUT2D eigenvalue weighted by Crippen LogP contribution is -2.27. The molecule has 0 bridgehead atoms. The molecule has 1 aromatic heterocycles. The van der Waals surface area contributed by atoms with Crippen LogP contribution in [0.1, 0.15) is 17.7 Å². The molecule has 1 heterocycles. The van der Waals surface area contributed by atoms with Gasteiger partial charge in [-0.1, -0.05) is 35.5 Å². The molecule has 0 aliphatic rings. The zero-order valence-electron chi connectivity index (χ0n) is 16.0. The van der Waals surface area contributed by atoms with Crippen LogP contribution in [0.2, 0.25) is 0 Å². The quantitative estimate of drug-likeness (QED) is 0.390. The van der Waals surface area contributed by atoms with Crippen LogP contribution in [0.3, 0.4) is 0 Å². The number of hydrogen-bond acceptors (Lipinski definition) is 7. The predicted molar refractivity (Wildman–Crippen MR) is 101 cm³/mol. The van der Waals surface area contributed by atoms with Crippen LogP contribution >= 0.6 is 7.60 Å². The summed E-state index contributed by atoms with van der Waals surface area (Å²) >= 11 is 0. The van der Waals surface area contributed by atoms with Crippen molar-refractivity contribution in [2.75, 3.05) is 27.1 Å². The average molecular weight is 413 g/mol. The number of rotatable bonds is 12. The molecule has 0 saturated heterocycles. The minimum absolute atomic E-state index is 0.0902. The third kappa shape index (κ3) is 6.82. The fraction of sp³-hybridized carbons (Fsp3) is 0.500. The first-order chi connectivity index (χ1) is 13.5. The summed E-state index contributed by atoms with van der Waals surface area (Å²) in [5.74, 6) is -1.36. The first kappa shape index (κ1) is 22.2. The Kier molecular flexibility index (Phi) is 8.76. The van der Waals surface area contributed by atoms with E-state index < -0.39 is 26.2 Å². The van der Waals surface area contributed by atoms with E-state index in [9.17, 15) is 13.8 Å². The summed E-state index contributed by atoms with van der Waals surface area (Å²) in [6.07, 6.45) is 2.28. The van der Waals surface area contributed by atoms with E-state index in [0.717, 1.165) is 5.56 Å². The van der Waals surface area contributed by atoms with Crippen molar-refractivity contribution in [3.63, 3.8) is 0 Å². The van der Waals surface area contributed by atoms with Crippen LogP contribution < -0.4 is 0 Å². The van der Waals surface area contributed by atoms with E-state index in [-0.39, 0.29) is 19.3 Å². The molecule has 0 N–H and O–H groups in total. The van der Waals surface area contributed by atoms with Gasteiger partial charge >= 0.3 is 13.6 Å². The maximum absolute atomic E-state index is 12.6. The van der Waals surface area contributed by atoms with Crippen molar-refractivity contribution in [1.82, 2.24) is 15.0 Å². The standard InChI is InChI=1S/C18H25FN3O5P/c1-25-28(24,26-2)14-16(11-22-12-17(20-21-22)9-6-10-19)18(23)27-13-15-7-4-3-5-8-15/h3-5,7-8,12,16H,6,9-11,13-14H2,1-2H3. The van der Waals surface area contributed by atoms with Crippen molar-refractivity contribution in [2.24, 2.45) is 5.92 Å². The van der Waals surface area contributed by atoms with Gasteiger partial charge < -0.3 is 13.8 Å². The second-order valence-corrected chi connectivity index (χ2v) is 8.49. The van der Waals surface area contributed by atoms with Gasteiger partial charge in [0.1, 0.15) is 6.61 Å². The van der Waals surface area contributed by atoms with E-state index in [4.69, 9.17) is 13.8 Å². The summed E-state index contributed by atoms with van der Waals surface area (Å²) in [7, 11) is -0.916. The smallest absolute Gasteiger partial charge is 0.331 e. The summed E-state index contributed by atoms with van der Waals surface area (Å²) in [4.78, 5) is 12.6. The number of carbonyl (C=O) groups excluding carboxylic acids is 1. The van der Waals surface area contributed by atoms with Crippen LogP contribution in [-0.4, -0.2) is 48.0 Å². The first-order valence-electron chi connectivity index (χ1n) is 8.85. The molecule has 1 atom stereocenters. The minimum Gasteiger partial charge on any atom is -0.461 e. The van der Waals surface area contributed by atoms with Gasteiger partial charge in [-0.05, 0) is 18.4 Å². The lowest BCUT2D eigenvalue weighted by molar-refractivity contribution is -0.149. The van der Waals surface area contributed by atoms with E-state index in [0.29, 0.717) is 18.5 Å². The highest BCUT2D eigenvalue weighted by Crippen LogP contribution is 2.48. The Morgan fingerprint density at radius 1 is 1.25 bits per heavy atom. The monoisotopic (exact) mass is 413 g/mol. The number of alkyl halides is 1. The summed E-state index contributed by atoms with van der Waals surface area (Å²) in [6.45, 7) is -0.251. The molecule has 0 spiro atoms. The van der Waals surface area contributed by atoms with Crippen LogP contribution in [-0.2, 0) is 42.7 Å². The van der Waals surface area contributed by atoms with Crippen molar-refractivity contribution in [3.8, 4) is 0 Å². The molecule has 0 fully saturated rings. The molecule has 0 saturated carbocycles. The Balaban J connectivity index is 2.08. The number of carbonyl (C=O) groups is 1. The highest BCUT2D eigenvalue weighted by atomic mass is 31.2. The van der Waals surface area contributed by atoms with Crippen molar-refractivity contribution >= 4 is 13.6 Å². The molecule has 0 radical (unpaired) electrons. The van der Waals surface area contributed by atoms with Gasteiger partial charge in [-0.3, -0.25) is 18.4 Å². The summed E-state index contributed by atoms with van der Waals surface area (Å²) in [5.41, 5.74) is 1.46. The van der Waals surface area contributed by atoms with Crippen LogP contribution in [0.25, 0.3) is 0 Å². The number of ether oxygens (including phenoxy) is 1. The number of esters is 1. The Labute approximate surface area is 163 Å². The third-order valence-corrected chi connectivity index (χ3v) is 6.12. The normalized spacial score (nSPS) is 12.7. The van der Waals surface area contributed by atoms with E-state index in [1.165, 1.54) is 18.9 Å². The molecule has 0 amide bonds. The zero-order valence-corrected chi connectivity index (χ0v) is 16.9. The number of nitrogens with zero attached hydrogens (tertiary/aromatic N) is 3. The number of benzene rings is 1. The van der Waals surface area contributed by atoms with Gasteiger partial charge in [-0.2, -0.15) is 0 Å². The molecular weight excluding hydrogens is 388 g/mol. The summed E-state index contributed by atoms with van der Waals surface area (Å²) in [5, 5.41) is 7.92. The Hall–Kier alpha value is -2.09. The zero-order chi connectivity index (χ0) is 20.4. The number of aryl methyl sites for hydroxylation is 1. The number of halogens is 1. The number of aromatic nitrogens is 3. The summed E-state index contributed by atoms with van der Waals surface area (Å²) < 4.78 is 41.6. The molecular formula is C18H25FN3O5P. The molecule has 0 aliphatic carbocycles. The average Bonchev–Trinajstić information content (AvgIpc) is 3.18.